The minimum absolute atomic E-state index is 0.264. The van der Waals surface area contributed by atoms with Crippen LogP contribution in [0, 0.1) is 0 Å². The fourth-order valence-electron chi connectivity index (χ4n) is 2.61. The Kier molecular flexibility index (Phi) is 3.46. The zero-order valence-corrected chi connectivity index (χ0v) is 12.0. The molecular weight excluding hydrogens is 276 g/mol. The lowest BCUT2D eigenvalue weighted by molar-refractivity contribution is 0.0794. The number of nitrogens with zero attached hydrogens (tertiary/aromatic N) is 1. The van der Waals surface area contributed by atoms with Crippen LogP contribution in [0.15, 0.2) is 65.1 Å². The van der Waals surface area contributed by atoms with E-state index in [2.05, 4.69) is 10.3 Å². The number of hydrogen-bond donors (Lipinski definition) is 1. The van der Waals surface area contributed by atoms with E-state index in [1.54, 1.807) is 0 Å². The third kappa shape index (κ3) is 2.43. The van der Waals surface area contributed by atoms with E-state index in [4.69, 9.17) is 9.15 Å². The molecule has 4 nitrogen and oxygen atoms in total. The second-order valence-electron chi connectivity index (χ2n) is 5.17. The molecule has 0 radical (unpaired) electrons. The predicted molar refractivity (Wildman–Crippen MR) is 84.1 cm³/mol. The van der Waals surface area contributed by atoms with Gasteiger partial charge in [-0.15, -0.1) is 0 Å². The van der Waals surface area contributed by atoms with E-state index in [-0.39, 0.29) is 6.23 Å². The van der Waals surface area contributed by atoms with Gasteiger partial charge in [0.1, 0.15) is 5.69 Å². The molecule has 1 aromatic heterocycles. The highest BCUT2D eigenvalue weighted by molar-refractivity contribution is 5.76. The van der Waals surface area contributed by atoms with Crippen LogP contribution in [-0.2, 0) is 4.74 Å². The lowest BCUT2D eigenvalue weighted by Gasteiger charge is -2.03. The van der Waals surface area contributed by atoms with Crippen LogP contribution < -0.4 is 5.32 Å². The zero-order valence-electron chi connectivity index (χ0n) is 12.0. The molecule has 1 N–H and O–H groups in total. The van der Waals surface area contributed by atoms with Gasteiger partial charge in [0.15, 0.2) is 12.0 Å². The van der Waals surface area contributed by atoms with Crippen molar-refractivity contribution in [2.45, 2.75) is 6.23 Å². The maximum Gasteiger partial charge on any atom is 0.239 e. The Bertz CT molecular complexity index is 690. The van der Waals surface area contributed by atoms with Gasteiger partial charge in [0.05, 0.1) is 6.61 Å². The summed E-state index contributed by atoms with van der Waals surface area (Å²) in [6, 6.07) is 20.1. The van der Waals surface area contributed by atoms with Gasteiger partial charge in [-0.05, 0) is 0 Å². The smallest absolute Gasteiger partial charge is 0.239 e. The summed E-state index contributed by atoms with van der Waals surface area (Å²) in [5.41, 5.74) is 2.89. The van der Waals surface area contributed by atoms with Crippen molar-refractivity contribution >= 4 is 0 Å². The van der Waals surface area contributed by atoms with Crippen molar-refractivity contribution in [1.29, 1.82) is 0 Å². The van der Waals surface area contributed by atoms with Crippen LogP contribution >= 0.6 is 0 Å². The van der Waals surface area contributed by atoms with Crippen molar-refractivity contribution in [3.63, 3.8) is 0 Å². The fraction of sp³-hybridized carbons (Fsp3) is 0.167. The molecule has 0 spiro atoms. The normalized spacial score (nSPS) is 17.7. The van der Waals surface area contributed by atoms with Crippen LogP contribution in [0.2, 0.25) is 0 Å². The quantitative estimate of drug-likeness (QED) is 0.801. The number of ether oxygens (including phenoxy) is 1. The first-order valence-electron chi connectivity index (χ1n) is 7.38. The highest BCUT2D eigenvalue weighted by Gasteiger charge is 2.25. The minimum atomic E-state index is -0.264. The summed E-state index contributed by atoms with van der Waals surface area (Å²) in [6.07, 6.45) is -0.264. The molecule has 1 atom stereocenters. The van der Waals surface area contributed by atoms with E-state index >= 15 is 0 Å². The molecule has 0 amide bonds. The maximum absolute atomic E-state index is 6.04. The Hall–Kier alpha value is -2.43. The van der Waals surface area contributed by atoms with Crippen LogP contribution in [0.25, 0.3) is 22.6 Å². The number of oxazole rings is 1. The molecule has 1 unspecified atom stereocenters. The van der Waals surface area contributed by atoms with Crippen molar-refractivity contribution in [3.05, 3.63) is 66.6 Å². The highest BCUT2D eigenvalue weighted by Crippen LogP contribution is 2.34. The molecule has 4 rings (SSSR count). The van der Waals surface area contributed by atoms with Gasteiger partial charge in [-0.25, -0.2) is 4.98 Å². The first kappa shape index (κ1) is 13.2. The number of nitrogens with one attached hydrogen (secondary N) is 1. The third-order valence-corrected chi connectivity index (χ3v) is 3.67. The van der Waals surface area contributed by atoms with Gasteiger partial charge in [0.25, 0.3) is 0 Å². The van der Waals surface area contributed by atoms with Crippen LogP contribution in [-0.4, -0.2) is 18.1 Å². The Morgan fingerprint density at radius 2 is 1.59 bits per heavy atom. The molecule has 110 valence electrons. The van der Waals surface area contributed by atoms with Crippen molar-refractivity contribution < 1.29 is 9.15 Å². The molecule has 1 aliphatic heterocycles. The van der Waals surface area contributed by atoms with E-state index in [1.165, 1.54) is 0 Å². The Morgan fingerprint density at radius 1 is 0.909 bits per heavy atom. The molecule has 0 aliphatic carbocycles. The van der Waals surface area contributed by atoms with Gasteiger partial charge in [0, 0.05) is 17.7 Å². The van der Waals surface area contributed by atoms with Crippen LogP contribution in [0.5, 0.6) is 0 Å². The minimum Gasteiger partial charge on any atom is -0.436 e. The fourth-order valence-corrected chi connectivity index (χ4v) is 2.61. The van der Waals surface area contributed by atoms with Gasteiger partial charge in [-0.2, -0.15) is 0 Å². The Morgan fingerprint density at radius 3 is 2.23 bits per heavy atom. The van der Waals surface area contributed by atoms with Gasteiger partial charge in [0.2, 0.25) is 5.89 Å². The van der Waals surface area contributed by atoms with E-state index in [0.717, 1.165) is 29.1 Å². The van der Waals surface area contributed by atoms with Gasteiger partial charge >= 0.3 is 0 Å². The predicted octanol–water partition coefficient (Wildman–Crippen LogP) is 3.63. The summed E-state index contributed by atoms with van der Waals surface area (Å²) >= 11 is 0. The van der Waals surface area contributed by atoms with E-state index in [9.17, 15) is 0 Å². The molecule has 22 heavy (non-hydrogen) atoms. The lowest BCUT2D eigenvalue weighted by Crippen LogP contribution is -2.14. The Labute approximate surface area is 128 Å². The summed E-state index contributed by atoms with van der Waals surface area (Å²) in [5, 5.41) is 3.24. The van der Waals surface area contributed by atoms with E-state index in [0.29, 0.717) is 12.5 Å². The summed E-state index contributed by atoms with van der Waals surface area (Å²) in [5.74, 6) is 1.36. The second kappa shape index (κ2) is 5.75. The van der Waals surface area contributed by atoms with Crippen LogP contribution in [0.1, 0.15) is 12.1 Å². The first-order valence-corrected chi connectivity index (χ1v) is 7.38. The SMILES string of the molecule is c1ccc(-c2nc(C3NCCO3)oc2-c2ccccc2)cc1. The molecule has 1 fully saturated rings. The monoisotopic (exact) mass is 292 g/mol. The topological polar surface area (TPSA) is 47.3 Å². The van der Waals surface area contributed by atoms with Gasteiger partial charge in [-0.3, -0.25) is 5.32 Å². The van der Waals surface area contributed by atoms with Crippen LogP contribution in [0.4, 0.5) is 0 Å². The maximum atomic E-state index is 6.04. The highest BCUT2D eigenvalue weighted by atomic mass is 16.5. The summed E-state index contributed by atoms with van der Waals surface area (Å²) < 4.78 is 11.7. The zero-order chi connectivity index (χ0) is 14.8. The standard InChI is InChI=1S/C18H16N2O2/c1-3-7-13(8-4-1)15-16(14-9-5-2-6-10-14)22-18(20-15)17-19-11-12-21-17/h1-10,17,19H,11-12H2. The summed E-state index contributed by atoms with van der Waals surface area (Å²) in [4.78, 5) is 4.68. The molecular formula is C18H16N2O2. The first-order chi connectivity index (χ1) is 10.9. The number of hydrogen-bond acceptors (Lipinski definition) is 4. The third-order valence-electron chi connectivity index (χ3n) is 3.67. The second-order valence-corrected chi connectivity index (χ2v) is 5.17. The number of aromatic nitrogens is 1. The Balaban J connectivity index is 1.84. The largest absolute Gasteiger partial charge is 0.436 e. The van der Waals surface area contributed by atoms with Crippen molar-refractivity contribution in [2.75, 3.05) is 13.2 Å². The number of rotatable bonds is 3. The lowest BCUT2D eigenvalue weighted by atomic mass is 10.1. The van der Waals surface area contributed by atoms with Crippen molar-refractivity contribution in [3.8, 4) is 22.6 Å². The molecule has 1 aliphatic rings. The molecule has 2 aromatic carbocycles. The summed E-state index contributed by atoms with van der Waals surface area (Å²) in [7, 11) is 0. The molecule has 1 saturated heterocycles. The molecule has 4 heteroatoms. The van der Waals surface area contributed by atoms with Crippen molar-refractivity contribution in [2.24, 2.45) is 0 Å². The summed E-state index contributed by atoms with van der Waals surface area (Å²) in [6.45, 7) is 1.49. The van der Waals surface area contributed by atoms with Crippen molar-refractivity contribution in [1.82, 2.24) is 10.3 Å². The van der Waals surface area contributed by atoms with Gasteiger partial charge in [-0.1, -0.05) is 60.7 Å². The molecule has 2 heterocycles. The van der Waals surface area contributed by atoms with Crippen LogP contribution in [0.3, 0.4) is 0 Å². The molecule has 0 saturated carbocycles. The van der Waals surface area contributed by atoms with E-state index in [1.807, 2.05) is 60.7 Å². The number of benzene rings is 2. The molecule has 0 bridgehead atoms. The average molecular weight is 292 g/mol. The van der Waals surface area contributed by atoms with E-state index < -0.39 is 0 Å². The van der Waals surface area contributed by atoms with Gasteiger partial charge < -0.3 is 9.15 Å². The molecule has 3 aromatic rings. The average Bonchev–Trinajstić information content (AvgIpc) is 3.26.